The molecule has 0 radical (unpaired) electrons. The molecule has 0 spiro atoms. The summed E-state index contributed by atoms with van der Waals surface area (Å²) >= 11 is 3.46. The maximum absolute atomic E-state index is 9.13. The Labute approximate surface area is 120 Å². The Morgan fingerprint density at radius 1 is 1.37 bits per heavy atom. The molecule has 19 heavy (non-hydrogen) atoms. The third-order valence-electron chi connectivity index (χ3n) is 3.80. The molecule has 2 aromatic rings. The normalized spacial score (nSPS) is 23.7. The molecule has 0 bridgehead atoms. The van der Waals surface area contributed by atoms with Crippen LogP contribution >= 0.6 is 15.9 Å². The van der Waals surface area contributed by atoms with Crippen molar-refractivity contribution in [2.45, 2.75) is 31.7 Å². The average molecular weight is 325 g/mol. The van der Waals surface area contributed by atoms with E-state index in [-0.39, 0.29) is 0 Å². The van der Waals surface area contributed by atoms with E-state index in [1.54, 1.807) is 0 Å². The zero-order chi connectivity index (χ0) is 13.2. The highest BCUT2D eigenvalue weighted by Crippen LogP contribution is 2.25. The van der Waals surface area contributed by atoms with Crippen LogP contribution in [-0.2, 0) is 0 Å². The van der Waals surface area contributed by atoms with Crippen molar-refractivity contribution in [3.05, 3.63) is 22.9 Å². The second kappa shape index (κ2) is 5.46. The van der Waals surface area contributed by atoms with Crippen molar-refractivity contribution in [3.63, 3.8) is 0 Å². The number of aliphatic hydroxyl groups is 1. The summed E-state index contributed by atoms with van der Waals surface area (Å²) in [6, 6.07) is 2.37. The molecule has 1 aliphatic carbocycles. The molecule has 3 rings (SSSR count). The van der Waals surface area contributed by atoms with Crippen molar-refractivity contribution < 1.29 is 5.11 Å². The standard InChI is InChI=1S/C13H17BrN4O/c14-11-5-6-18-12(11)7-15-13(17-18)16-10-3-1-9(8-19)2-4-10/h5-7,9-10,19H,1-4,8H2,(H,16,17). The molecule has 102 valence electrons. The Morgan fingerprint density at radius 3 is 2.89 bits per heavy atom. The first-order chi connectivity index (χ1) is 9.26. The van der Waals surface area contributed by atoms with Gasteiger partial charge in [0.1, 0.15) is 0 Å². The van der Waals surface area contributed by atoms with Crippen LogP contribution in [0.2, 0.25) is 0 Å². The van der Waals surface area contributed by atoms with Crippen LogP contribution in [0.1, 0.15) is 25.7 Å². The number of fused-ring (bicyclic) bond motifs is 1. The molecule has 0 amide bonds. The van der Waals surface area contributed by atoms with E-state index in [9.17, 15) is 0 Å². The Kier molecular flexibility index (Phi) is 3.70. The number of rotatable bonds is 3. The lowest BCUT2D eigenvalue weighted by atomic mass is 9.87. The topological polar surface area (TPSA) is 62.5 Å². The minimum absolute atomic E-state index is 0.312. The molecular formula is C13H17BrN4O. The molecule has 0 unspecified atom stereocenters. The van der Waals surface area contributed by atoms with Crippen molar-refractivity contribution in [3.8, 4) is 0 Å². The van der Waals surface area contributed by atoms with Crippen molar-refractivity contribution >= 4 is 27.4 Å². The van der Waals surface area contributed by atoms with Gasteiger partial charge in [0.15, 0.2) is 0 Å². The van der Waals surface area contributed by atoms with Gasteiger partial charge in [0.25, 0.3) is 0 Å². The Morgan fingerprint density at radius 2 is 2.16 bits per heavy atom. The summed E-state index contributed by atoms with van der Waals surface area (Å²) in [7, 11) is 0. The smallest absolute Gasteiger partial charge is 0.241 e. The fourth-order valence-electron chi connectivity index (χ4n) is 2.61. The van der Waals surface area contributed by atoms with E-state index in [1.807, 2.05) is 23.0 Å². The van der Waals surface area contributed by atoms with Crippen LogP contribution < -0.4 is 5.32 Å². The first-order valence-corrected chi connectivity index (χ1v) is 7.43. The monoisotopic (exact) mass is 324 g/mol. The second-order valence-electron chi connectivity index (χ2n) is 5.12. The molecule has 2 heterocycles. The maximum atomic E-state index is 9.13. The van der Waals surface area contributed by atoms with Crippen LogP contribution in [0.15, 0.2) is 22.9 Å². The number of aliphatic hydroxyl groups excluding tert-OH is 1. The van der Waals surface area contributed by atoms with E-state index >= 15 is 0 Å². The highest BCUT2D eigenvalue weighted by Gasteiger charge is 2.21. The summed E-state index contributed by atoms with van der Waals surface area (Å²) in [5.74, 6) is 1.14. The lowest BCUT2D eigenvalue weighted by molar-refractivity contribution is 0.185. The van der Waals surface area contributed by atoms with Gasteiger partial charge in [-0.05, 0) is 53.6 Å². The predicted molar refractivity (Wildman–Crippen MR) is 77.1 cm³/mol. The summed E-state index contributed by atoms with van der Waals surface area (Å²) in [5, 5.41) is 17.0. The number of nitrogens with one attached hydrogen (secondary N) is 1. The van der Waals surface area contributed by atoms with Gasteiger partial charge < -0.3 is 10.4 Å². The largest absolute Gasteiger partial charge is 0.396 e. The molecule has 1 fully saturated rings. The lowest BCUT2D eigenvalue weighted by Crippen LogP contribution is -2.28. The Bertz CT molecular complexity index is 563. The number of nitrogens with zero attached hydrogens (tertiary/aromatic N) is 3. The van der Waals surface area contributed by atoms with Crippen LogP contribution in [0.4, 0.5) is 5.95 Å². The van der Waals surface area contributed by atoms with Gasteiger partial charge in [0.2, 0.25) is 5.95 Å². The minimum Gasteiger partial charge on any atom is -0.396 e. The Balaban J connectivity index is 1.68. The molecule has 0 aromatic carbocycles. The van der Waals surface area contributed by atoms with Gasteiger partial charge in [-0.3, -0.25) is 0 Å². The van der Waals surface area contributed by atoms with E-state index in [0.717, 1.165) is 35.7 Å². The highest BCUT2D eigenvalue weighted by atomic mass is 79.9. The summed E-state index contributed by atoms with van der Waals surface area (Å²) in [6.45, 7) is 0.312. The van der Waals surface area contributed by atoms with Crippen LogP contribution in [0.3, 0.4) is 0 Å². The van der Waals surface area contributed by atoms with E-state index in [0.29, 0.717) is 24.5 Å². The quantitative estimate of drug-likeness (QED) is 0.910. The summed E-state index contributed by atoms with van der Waals surface area (Å²) in [5.41, 5.74) is 0.967. The third kappa shape index (κ3) is 2.74. The summed E-state index contributed by atoms with van der Waals surface area (Å²) in [4.78, 5) is 4.35. The fourth-order valence-corrected chi connectivity index (χ4v) is 3.01. The maximum Gasteiger partial charge on any atom is 0.241 e. The molecular weight excluding hydrogens is 308 g/mol. The number of aromatic nitrogens is 3. The van der Waals surface area contributed by atoms with Crippen molar-refractivity contribution in [2.75, 3.05) is 11.9 Å². The van der Waals surface area contributed by atoms with Gasteiger partial charge in [0, 0.05) is 23.3 Å². The van der Waals surface area contributed by atoms with Crippen molar-refractivity contribution in [1.82, 2.24) is 14.6 Å². The van der Waals surface area contributed by atoms with Gasteiger partial charge >= 0.3 is 0 Å². The number of anilines is 1. The number of hydrogen-bond donors (Lipinski definition) is 2. The van der Waals surface area contributed by atoms with Crippen molar-refractivity contribution in [2.24, 2.45) is 5.92 Å². The number of hydrogen-bond acceptors (Lipinski definition) is 4. The van der Waals surface area contributed by atoms with E-state index in [1.165, 1.54) is 0 Å². The number of halogens is 1. The molecule has 5 nitrogen and oxygen atoms in total. The third-order valence-corrected chi connectivity index (χ3v) is 4.47. The van der Waals surface area contributed by atoms with Gasteiger partial charge in [0.05, 0.1) is 11.7 Å². The molecule has 2 N–H and O–H groups in total. The van der Waals surface area contributed by atoms with E-state index < -0.39 is 0 Å². The molecule has 0 saturated heterocycles. The first kappa shape index (κ1) is 12.9. The molecule has 1 aliphatic rings. The van der Waals surface area contributed by atoms with Crippen LogP contribution in [-0.4, -0.2) is 32.4 Å². The molecule has 0 aliphatic heterocycles. The van der Waals surface area contributed by atoms with Crippen LogP contribution in [0.5, 0.6) is 0 Å². The Hall–Kier alpha value is -1.14. The lowest BCUT2D eigenvalue weighted by Gasteiger charge is -2.27. The van der Waals surface area contributed by atoms with Gasteiger partial charge in [-0.2, -0.15) is 0 Å². The fraction of sp³-hybridized carbons (Fsp3) is 0.538. The second-order valence-corrected chi connectivity index (χ2v) is 5.97. The first-order valence-electron chi connectivity index (χ1n) is 6.63. The minimum atomic E-state index is 0.312. The SMILES string of the molecule is OCC1CCC(Nc2ncc3c(Br)ccn3n2)CC1. The van der Waals surface area contributed by atoms with Gasteiger partial charge in [-0.15, -0.1) is 5.10 Å². The zero-order valence-electron chi connectivity index (χ0n) is 10.6. The van der Waals surface area contributed by atoms with E-state index in [2.05, 4.69) is 31.3 Å². The summed E-state index contributed by atoms with van der Waals surface area (Å²) in [6.07, 6.45) is 8.02. The predicted octanol–water partition coefficient (Wildman–Crippen LogP) is 2.45. The zero-order valence-corrected chi connectivity index (χ0v) is 12.2. The average Bonchev–Trinajstić information content (AvgIpc) is 2.81. The highest BCUT2D eigenvalue weighted by molar-refractivity contribution is 9.10. The molecule has 6 heteroatoms. The molecule has 2 aromatic heterocycles. The van der Waals surface area contributed by atoms with Gasteiger partial charge in [-0.1, -0.05) is 0 Å². The van der Waals surface area contributed by atoms with Gasteiger partial charge in [-0.25, -0.2) is 9.50 Å². The van der Waals surface area contributed by atoms with Crippen molar-refractivity contribution in [1.29, 1.82) is 0 Å². The summed E-state index contributed by atoms with van der Waals surface area (Å²) < 4.78 is 2.82. The van der Waals surface area contributed by atoms with Crippen LogP contribution in [0.25, 0.3) is 5.52 Å². The van der Waals surface area contributed by atoms with E-state index in [4.69, 9.17) is 5.11 Å². The molecule has 0 atom stereocenters. The van der Waals surface area contributed by atoms with Crippen LogP contribution in [0, 0.1) is 5.92 Å². The molecule has 1 saturated carbocycles.